The number of carbonyl (C=O) groups excluding carboxylic acids is 1. The summed E-state index contributed by atoms with van der Waals surface area (Å²) in [7, 11) is 0. The van der Waals surface area contributed by atoms with Crippen LogP contribution in [0, 0.1) is 0 Å². The number of hydrogen-bond donors (Lipinski definition) is 3. The Bertz CT molecular complexity index is 378. The van der Waals surface area contributed by atoms with Gasteiger partial charge in [-0.15, -0.1) is 0 Å². The molecule has 1 rings (SSSR count). The first-order valence-corrected chi connectivity index (χ1v) is 5.58. The molecule has 0 aliphatic heterocycles. The molecule has 0 saturated heterocycles. The highest BCUT2D eigenvalue weighted by Crippen LogP contribution is 2.15. The van der Waals surface area contributed by atoms with E-state index >= 15 is 0 Å². The SMILES string of the molecule is CC(N)C(=O)Nc1ccc(NC(C)(C)C)cn1. The summed E-state index contributed by atoms with van der Waals surface area (Å²) in [4.78, 5) is 15.5. The van der Waals surface area contributed by atoms with Gasteiger partial charge in [0.15, 0.2) is 0 Å². The number of carbonyl (C=O) groups is 1. The van der Waals surface area contributed by atoms with E-state index in [-0.39, 0.29) is 11.4 Å². The highest BCUT2D eigenvalue weighted by molar-refractivity contribution is 5.93. The topological polar surface area (TPSA) is 80.0 Å². The van der Waals surface area contributed by atoms with Crippen molar-refractivity contribution in [2.75, 3.05) is 10.6 Å². The van der Waals surface area contributed by atoms with Crippen LogP contribution in [0.1, 0.15) is 27.7 Å². The molecule has 17 heavy (non-hydrogen) atoms. The van der Waals surface area contributed by atoms with E-state index in [1.165, 1.54) is 0 Å². The third-order valence-electron chi connectivity index (χ3n) is 1.95. The van der Waals surface area contributed by atoms with Crippen LogP contribution in [0.4, 0.5) is 11.5 Å². The number of pyridine rings is 1. The van der Waals surface area contributed by atoms with Crippen molar-refractivity contribution in [3.8, 4) is 0 Å². The summed E-state index contributed by atoms with van der Waals surface area (Å²) in [6.45, 7) is 7.83. The van der Waals surface area contributed by atoms with Gasteiger partial charge in [0.25, 0.3) is 0 Å². The second-order valence-electron chi connectivity index (χ2n) is 5.09. The molecular weight excluding hydrogens is 216 g/mol. The zero-order valence-corrected chi connectivity index (χ0v) is 10.7. The molecule has 1 aromatic heterocycles. The lowest BCUT2D eigenvalue weighted by atomic mass is 10.1. The molecule has 0 fully saturated rings. The van der Waals surface area contributed by atoms with Gasteiger partial charge < -0.3 is 16.4 Å². The summed E-state index contributed by atoms with van der Waals surface area (Å²) in [5.74, 6) is 0.265. The highest BCUT2D eigenvalue weighted by Gasteiger charge is 2.10. The van der Waals surface area contributed by atoms with E-state index in [2.05, 4.69) is 36.4 Å². The van der Waals surface area contributed by atoms with Crippen molar-refractivity contribution < 1.29 is 4.79 Å². The van der Waals surface area contributed by atoms with E-state index in [0.717, 1.165) is 5.69 Å². The van der Waals surface area contributed by atoms with Crippen LogP contribution in [0.2, 0.25) is 0 Å². The fourth-order valence-electron chi connectivity index (χ4n) is 1.21. The lowest BCUT2D eigenvalue weighted by Gasteiger charge is -2.21. The van der Waals surface area contributed by atoms with Crippen molar-refractivity contribution in [2.24, 2.45) is 5.73 Å². The predicted molar refractivity (Wildman–Crippen MR) is 69.9 cm³/mol. The van der Waals surface area contributed by atoms with Crippen LogP contribution in [0.15, 0.2) is 18.3 Å². The van der Waals surface area contributed by atoms with Crippen LogP contribution in [0.3, 0.4) is 0 Å². The predicted octanol–water partition coefficient (Wildman–Crippen LogP) is 1.58. The average molecular weight is 236 g/mol. The molecule has 0 bridgehead atoms. The number of nitrogens with zero attached hydrogens (tertiary/aromatic N) is 1. The Balaban J connectivity index is 2.65. The number of anilines is 2. The molecule has 1 atom stereocenters. The second-order valence-corrected chi connectivity index (χ2v) is 5.09. The maximum Gasteiger partial charge on any atom is 0.242 e. The first-order chi connectivity index (χ1) is 7.78. The molecular formula is C12H20N4O. The molecule has 94 valence electrons. The zero-order valence-electron chi connectivity index (χ0n) is 10.7. The molecule has 0 aromatic carbocycles. The van der Waals surface area contributed by atoms with Crippen LogP contribution in [0.25, 0.3) is 0 Å². The summed E-state index contributed by atoms with van der Waals surface area (Å²) in [5, 5.41) is 5.91. The van der Waals surface area contributed by atoms with Crippen molar-refractivity contribution >= 4 is 17.4 Å². The van der Waals surface area contributed by atoms with Crippen LogP contribution in [-0.4, -0.2) is 22.5 Å². The molecule has 1 aromatic rings. The van der Waals surface area contributed by atoms with Crippen LogP contribution < -0.4 is 16.4 Å². The van der Waals surface area contributed by atoms with Gasteiger partial charge in [-0.1, -0.05) is 0 Å². The Morgan fingerprint density at radius 3 is 2.47 bits per heavy atom. The molecule has 0 aliphatic rings. The average Bonchev–Trinajstić information content (AvgIpc) is 2.18. The summed E-state index contributed by atoms with van der Waals surface area (Å²) >= 11 is 0. The normalized spacial score (nSPS) is 13.0. The number of amides is 1. The Morgan fingerprint density at radius 2 is 2.06 bits per heavy atom. The maximum atomic E-state index is 11.3. The lowest BCUT2D eigenvalue weighted by molar-refractivity contribution is -0.117. The number of rotatable bonds is 3. The minimum absolute atomic E-state index is 0.0157. The third-order valence-corrected chi connectivity index (χ3v) is 1.95. The largest absolute Gasteiger partial charge is 0.379 e. The van der Waals surface area contributed by atoms with Gasteiger partial charge in [0.05, 0.1) is 17.9 Å². The number of aromatic nitrogens is 1. The van der Waals surface area contributed by atoms with Crippen molar-refractivity contribution in [3.63, 3.8) is 0 Å². The van der Waals surface area contributed by atoms with Crippen LogP contribution in [-0.2, 0) is 4.79 Å². The lowest BCUT2D eigenvalue weighted by Crippen LogP contribution is -2.32. The summed E-state index contributed by atoms with van der Waals surface area (Å²) in [6.07, 6.45) is 1.68. The Kier molecular flexibility index (Phi) is 4.07. The molecule has 5 nitrogen and oxygen atoms in total. The van der Waals surface area contributed by atoms with E-state index in [9.17, 15) is 4.79 Å². The Hall–Kier alpha value is -1.62. The number of nitrogens with two attached hydrogens (primary N) is 1. The third kappa shape index (κ3) is 4.82. The van der Waals surface area contributed by atoms with Gasteiger partial charge in [0, 0.05) is 5.54 Å². The van der Waals surface area contributed by atoms with Crippen molar-refractivity contribution in [1.29, 1.82) is 0 Å². The summed E-state index contributed by atoms with van der Waals surface area (Å²) in [5.41, 5.74) is 6.34. The molecule has 5 heteroatoms. The molecule has 0 aliphatic carbocycles. The van der Waals surface area contributed by atoms with E-state index in [0.29, 0.717) is 5.82 Å². The van der Waals surface area contributed by atoms with Crippen molar-refractivity contribution in [3.05, 3.63) is 18.3 Å². The highest BCUT2D eigenvalue weighted by atomic mass is 16.2. The minimum Gasteiger partial charge on any atom is -0.379 e. The van der Waals surface area contributed by atoms with Gasteiger partial charge in [-0.25, -0.2) is 4.98 Å². The maximum absolute atomic E-state index is 11.3. The van der Waals surface area contributed by atoms with E-state index in [1.54, 1.807) is 19.2 Å². The minimum atomic E-state index is -0.538. The summed E-state index contributed by atoms with van der Waals surface area (Å²) < 4.78 is 0. The number of nitrogens with one attached hydrogen (secondary N) is 2. The second kappa shape index (κ2) is 5.14. The van der Waals surface area contributed by atoms with E-state index < -0.39 is 6.04 Å². The van der Waals surface area contributed by atoms with Crippen molar-refractivity contribution in [2.45, 2.75) is 39.3 Å². The molecule has 0 radical (unpaired) electrons. The first-order valence-electron chi connectivity index (χ1n) is 5.58. The van der Waals surface area contributed by atoms with Gasteiger partial charge >= 0.3 is 0 Å². The van der Waals surface area contributed by atoms with Crippen molar-refractivity contribution in [1.82, 2.24) is 4.98 Å². The fourth-order valence-corrected chi connectivity index (χ4v) is 1.21. The Labute approximate surface area is 102 Å². The molecule has 1 amide bonds. The summed E-state index contributed by atoms with van der Waals surface area (Å²) in [6, 6.07) is 3.08. The van der Waals surface area contributed by atoms with E-state index in [4.69, 9.17) is 5.73 Å². The number of hydrogen-bond acceptors (Lipinski definition) is 4. The standard InChI is InChI=1S/C12H20N4O/c1-8(13)11(17)15-10-6-5-9(7-14-10)16-12(2,3)4/h5-8,16H,13H2,1-4H3,(H,14,15,17). The molecule has 4 N–H and O–H groups in total. The van der Waals surface area contributed by atoms with Gasteiger partial charge in [-0.05, 0) is 39.8 Å². The van der Waals surface area contributed by atoms with E-state index in [1.807, 2.05) is 6.07 Å². The zero-order chi connectivity index (χ0) is 13.1. The smallest absolute Gasteiger partial charge is 0.242 e. The van der Waals surface area contributed by atoms with Crippen LogP contribution >= 0.6 is 0 Å². The van der Waals surface area contributed by atoms with Gasteiger partial charge in [0.2, 0.25) is 5.91 Å². The molecule has 1 unspecified atom stereocenters. The Morgan fingerprint density at radius 1 is 1.41 bits per heavy atom. The monoisotopic (exact) mass is 236 g/mol. The molecule has 0 spiro atoms. The molecule has 1 heterocycles. The molecule has 0 saturated carbocycles. The quantitative estimate of drug-likeness (QED) is 0.744. The fraction of sp³-hybridized carbons (Fsp3) is 0.500. The van der Waals surface area contributed by atoms with Crippen LogP contribution in [0.5, 0.6) is 0 Å². The van der Waals surface area contributed by atoms with Gasteiger partial charge in [-0.3, -0.25) is 4.79 Å². The van der Waals surface area contributed by atoms with Gasteiger partial charge in [0.1, 0.15) is 5.82 Å². The van der Waals surface area contributed by atoms with Gasteiger partial charge in [-0.2, -0.15) is 0 Å². The first kappa shape index (κ1) is 13.4.